The molecule has 4 heteroatoms. The van der Waals surface area contributed by atoms with Gasteiger partial charge < -0.3 is 15.7 Å². The molecule has 0 unspecified atom stereocenters. The molecule has 0 spiro atoms. The van der Waals surface area contributed by atoms with Gasteiger partial charge in [0.1, 0.15) is 0 Å². The Morgan fingerprint density at radius 3 is 2.60 bits per heavy atom. The predicted octanol–water partition coefficient (Wildman–Crippen LogP) is 0.263. The summed E-state index contributed by atoms with van der Waals surface area (Å²) >= 11 is 0. The maximum Gasteiger partial charge on any atom is 0.233 e. The van der Waals surface area contributed by atoms with Crippen LogP contribution in [0.4, 0.5) is 0 Å². The number of hydrogen-bond acceptors (Lipinski definition) is 3. The SMILES string of the molecule is CC(C)CNC(=O)CNCC1(O)CCC1. The number of nitrogens with one attached hydrogen (secondary N) is 2. The Balaban J connectivity index is 2.01. The van der Waals surface area contributed by atoms with Crippen LogP contribution in [0.2, 0.25) is 0 Å². The Morgan fingerprint density at radius 2 is 2.13 bits per heavy atom. The highest BCUT2D eigenvalue weighted by atomic mass is 16.3. The third-order valence-corrected chi connectivity index (χ3v) is 2.73. The zero-order valence-electron chi connectivity index (χ0n) is 9.68. The largest absolute Gasteiger partial charge is 0.389 e. The van der Waals surface area contributed by atoms with Gasteiger partial charge in [-0.2, -0.15) is 0 Å². The van der Waals surface area contributed by atoms with Crippen molar-refractivity contribution < 1.29 is 9.90 Å². The van der Waals surface area contributed by atoms with Crippen LogP contribution in [0.25, 0.3) is 0 Å². The molecular weight excluding hydrogens is 192 g/mol. The first-order valence-electron chi connectivity index (χ1n) is 5.72. The monoisotopic (exact) mass is 214 g/mol. The van der Waals surface area contributed by atoms with Gasteiger partial charge >= 0.3 is 0 Å². The van der Waals surface area contributed by atoms with Crippen LogP contribution in [0.3, 0.4) is 0 Å². The molecule has 0 aliphatic heterocycles. The molecule has 1 rings (SSSR count). The Morgan fingerprint density at radius 1 is 1.47 bits per heavy atom. The minimum absolute atomic E-state index is 0.00613. The van der Waals surface area contributed by atoms with Gasteiger partial charge in [-0.25, -0.2) is 0 Å². The fourth-order valence-electron chi connectivity index (χ4n) is 1.55. The molecule has 1 amide bonds. The average molecular weight is 214 g/mol. The quantitative estimate of drug-likeness (QED) is 0.594. The second-order valence-electron chi connectivity index (χ2n) is 4.88. The Kier molecular flexibility index (Phi) is 4.54. The number of aliphatic hydroxyl groups is 1. The van der Waals surface area contributed by atoms with Crippen molar-refractivity contribution in [2.75, 3.05) is 19.6 Å². The number of rotatable bonds is 6. The fraction of sp³-hybridized carbons (Fsp3) is 0.909. The van der Waals surface area contributed by atoms with Gasteiger partial charge in [-0.15, -0.1) is 0 Å². The first-order chi connectivity index (χ1) is 7.02. The van der Waals surface area contributed by atoms with Crippen molar-refractivity contribution >= 4 is 5.91 Å². The molecule has 0 heterocycles. The lowest BCUT2D eigenvalue weighted by Crippen LogP contribution is -2.48. The second-order valence-corrected chi connectivity index (χ2v) is 4.88. The van der Waals surface area contributed by atoms with E-state index in [1.165, 1.54) is 0 Å². The zero-order chi connectivity index (χ0) is 11.3. The van der Waals surface area contributed by atoms with Gasteiger partial charge in [0.05, 0.1) is 12.1 Å². The van der Waals surface area contributed by atoms with Crippen molar-refractivity contribution in [1.82, 2.24) is 10.6 Å². The number of carbonyl (C=O) groups is 1. The molecule has 0 radical (unpaired) electrons. The van der Waals surface area contributed by atoms with Crippen molar-refractivity contribution in [3.63, 3.8) is 0 Å². The molecule has 0 saturated heterocycles. The van der Waals surface area contributed by atoms with Gasteiger partial charge in [0.2, 0.25) is 5.91 Å². The molecule has 1 aliphatic rings. The summed E-state index contributed by atoms with van der Waals surface area (Å²) < 4.78 is 0. The van der Waals surface area contributed by atoms with Crippen LogP contribution in [0.1, 0.15) is 33.1 Å². The molecular formula is C11H22N2O2. The molecule has 15 heavy (non-hydrogen) atoms. The van der Waals surface area contributed by atoms with E-state index in [1.807, 2.05) is 0 Å². The summed E-state index contributed by atoms with van der Waals surface area (Å²) in [7, 11) is 0. The third-order valence-electron chi connectivity index (χ3n) is 2.73. The molecule has 3 N–H and O–H groups in total. The highest BCUT2D eigenvalue weighted by molar-refractivity contribution is 5.77. The summed E-state index contributed by atoms with van der Waals surface area (Å²) in [6.45, 7) is 5.66. The molecule has 1 aliphatic carbocycles. The molecule has 4 nitrogen and oxygen atoms in total. The van der Waals surface area contributed by atoms with E-state index >= 15 is 0 Å². The highest BCUT2D eigenvalue weighted by Gasteiger charge is 2.33. The van der Waals surface area contributed by atoms with Gasteiger partial charge in [0.15, 0.2) is 0 Å². The number of carbonyl (C=O) groups excluding carboxylic acids is 1. The lowest BCUT2D eigenvalue weighted by Gasteiger charge is -2.36. The predicted molar refractivity (Wildman–Crippen MR) is 59.5 cm³/mol. The summed E-state index contributed by atoms with van der Waals surface area (Å²) in [4.78, 5) is 11.3. The van der Waals surface area contributed by atoms with E-state index in [4.69, 9.17) is 0 Å². The highest BCUT2D eigenvalue weighted by Crippen LogP contribution is 2.30. The van der Waals surface area contributed by atoms with Crippen molar-refractivity contribution in [2.45, 2.75) is 38.7 Å². The van der Waals surface area contributed by atoms with Crippen LogP contribution < -0.4 is 10.6 Å². The van der Waals surface area contributed by atoms with Crippen molar-refractivity contribution in [3.8, 4) is 0 Å². The summed E-state index contributed by atoms with van der Waals surface area (Å²) in [5, 5.41) is 15.6. The number of amides is 1. The molecule has 1 fully saturated rings. The number of hydrogen-bond donors (Lipinski definition) is 3. The van der Waals surface area contributed by atoms with Crippen LogP contribution in [-0.2, 0) is 4.79 Å². The van der Waals surface area contributed by atoms with Crippen molar-refractivity contribution in [3.05, 3.63) is 0 Å². The van der Waals surface area contributed by atoms with E-state index in [-0.39, 0.29) is 5.91 Å². The molecule has 0 aromatic rings. The summed E-state index contributed by atoms with van der Waals surface area (Å²) in [6, 6.07) is 0. The van der Waals surface area contributed by atoms with E-state index in [9.17, 15) is 9.90 Å². The Bertz CT molecular complexity index is 213. The minimum atomic E-state index is -0.543. The maximum absolute atomic E-state index is 11.3. The van der Waals surface area contributed by atoms with E-state index in [0.29, 0.717) is 25.6 Å². The zero-order valence-corrected chi connectivity index (χ0v) is 9.68. The van der Waals surface area contributed by atoms with Crippen molar-refractivity contribution in [1.29, 1.82) is 0 Å². The lowest BCUT2D eigenvalue weighted by atomic mass is 9.80. The second kappa shape index (κ2) is 5.47. The topological polar surface area (TPSA) is 61.4 Å². The van der Waals surface area contributed by atoms with Crippen molar-refractivity contribution in [2.24, 2.45) is 5.92 Å². The summed E-state index contributed by atoms with van der Waals surface area (Å²) in [5.41, 5.74) is -0.543. The van der Waals surface area contributed by atoms with Gasteiger partial charge in [0, 0.05) is 13.1 Å². The van der Waals surface area contributed by atoms with E-state index in [1.54, 1.807) is 0 Å². The van der Waals surface area contributed by atoms with Crippen LogP contribution in [0.15, 0.2) is 0 Å². The molecule has 1 saturated carbocycles. The fourth-order valence-corrected chi connectivity index (χ4v) is 1.55. The van der Waals surface area contributed by atoms with E-state index in [0.717, 1.165) is 19.3 Å². The maximum atomic E-state index is 11.3. The van der Waals surface area contributed by atoms with Gasteiger partial charge in [0.25, 0.3) is 0 Å². The van der Waals surface area contributed by atoms with E-state index < -0.39 is 5.60 Å². The van der Waals surface area contributed by atoms with Crippen LogP contribution >= 0.6 is 0 Å². The molecule has 88 valence electrons. The summed E-state index contributed by atoms with van der Waals surface area (Å²) in [5.74, 6) is 0.483. The average Bonchev–Trinajstić information content (AvgIpc) is 2.12. The minimum Gasteiger partial charge on any atom is -0.389 e. The standard InChI is InChI=1S/C11H22N2O2/c1-9(2)6-13-10(14)7-12-8-11(15)4-3-5-11/h9,12,15H,3-8H2,1-2H3,(H,13,14). The lowest BCUT2D eigenvalue weighted by molar-refractivity contribution is -0.120. The normalized spacial score (nSPS) is 18.7. The van der Waals surface area contributed by atoms with Gasteiger partial charge in [-0.05, 0) is 25.2 Å². The molecule has 0 aromatic carbocycles. The first-order valence-corrected chi connectivity index (χ1v) is 5.72. The van der Waals surface area contributed by atoms with Crippen LogP contribution in [-0.4, -0.2) is 36.2 Å². The Labute approximate surface area is 91.4 Å². The van der Waals surface area contributed by atoms with Crippen LogP contribution in [0, 0.1) is 5.92 Å². The first kappa shape index (κ1) is 12.5. The molecule has 0 aromatic heterocycles. The third kappa shape index (κ3) is 4.62. The molecule has 0 bridgehead atoms. The van der Waals surface area contributed by atoms with Crippen LogP contribution in [0.5, 0.6) is 0 Å². The smallest absolute Gasteiger partial charge is 0.233 e. The Hall–Kier alpha value is -0.610. The van der Waals surface area contributed by atoms with Gasteiger partial charge in [-0.1, -0.05) is 13.8 Å². The molecule has 0 atom stereocenters. The van der Waals surface area contributed by atoms with E-state index in [2.05, 4.69) is 24.5 Å². The summed E-state index contributed by atoms with van der Waals surface area (Å²) in [6.07, 6.45) is 2.80. The van der Waals surface area contributed by atoms with Gasteiger partial charge in [-0.3, -0.25) is 4.79 Å².